The van der Waals surface area contributed by atoms with Crippen molar-refractivity contribution in [2.75, 3.05) is 0 Å². The van der Waals surface area contributed by atoms with Gasteiger partial charge in [-0.05, 0) is 65.6 Å². The molecule has 1 aromatic heterocycles. The first-order chi connectivity index (χ1) is 14.1. The normalized spacial score (nSPS) is 12.8. The van der Waals surface area contributed by atoms with E-state index in [0.717, 1.165) is 19.3 Å². The summed E-state index contributed by atoms with van der Waals surface area (Å²) in [6.45, 7) is 4.25. The van der Waals surface area contributed by atoms with Crippen LogP contribution < -0.4 is 0 Å². The fourth-order valence-corrected chi connectivity index (χ4v) is 4.79. The first kappa shape index (κ1) is 21.9. The summed E-state index contributed by atoms with van der Waals surface area (Å²) in [7, 11) is 0. The molecule has 0 aliphatic carbocycles. The van der Waals surface area contributed by atoms with Crippen LogP contribution in [0.25, 0.3) is 11.1 Å². The summed E-state index contributed by atoms with van der Waals surface area (Å²) in [6, 6.07) is 17.2. The van der Waals surface area contributed by atoms with Crippen molar-refractivity contribution in [2.45, 2.75) is 39.0 Å². The fraction of sp³-hybridized carbons (Fsp3) is 0.231. The van der Waals surface area contributed by atoms with Gasteiger partial charge in [0.25, 0.3) is 0 Å². The third kappa shape index (κ3) is 5.85. The molecule has 0 saturated carbocycles. The van der Waals surface area contributed by atoms with Gasteiger partial charge in [0.1, 0.15) is 0 Å². The Morgan fingerprint density at radius 3 is 2.41 bits per heavy atom. The maximum Gasteiger partial charge on any atom is 0.0595 e. The zero-order valence-electron chi connectivity index (χ0n) is 16.9. The number of thiophene rings is 1. The third-order valence-corrected chi connectivity index (χ3v) is 6.75. The molecule has 3 rings (SSSR count). The van der Waals surface area contributed by atoms with Gasteiger partial charge in [0.15, 0.2) is 0 Å². The van der Waals surface area contributed by atoms with Crippen LogP contribution in [0.2, 0.25) is 10.0 Å². The van der Waals surface area contributed by atoms with E-state index in [4.69, 9.17) is 23.2 Å². The summed E-state index contributed by atoms with van der Waals surface area (Å²) < 4.78 is 0. The SMILES string of the molecule is C/C=C\C=C/Cc1ccc(-c2csc(C(CCC)c3ccc(Cl)c(Cl)c3)c2)cc1. The molecule has 0 N–H and O–H groups in total. The molecule has 1 unspecified atom stereocenters. The van der Waals surface area contributed by atoms with Crippen LogP contribution in [0.5, 0.6) is 0 Å². The van der Waals surface area contributed by atoms with E-state index in [-0.39, 0.29) is 0 Å². The molecule has 0 nitrogen and oxygen atoms in total. The Balaban J connectivity index is 1.79. The molecule has 0 radical (unpaired) electrons. The Kier molecular flexibility index (Phi) is 8.18. The summed E-state index contributed by atoms with van der Waals surface area (Å²) in [5, 5.41) is 3.50. The predicted molar refractivity (Wildman–Crippen MR) is 131 cm³/mol. The summed E-state index contributed by atoms with van der Waals surface area (Å²) in [5.74, 6) is 0.351. The van der Waals surface area contributed by atoms with E-state index >= 15 is 0 Å². The maximum atomic E-state index is 6.28. The van der Waals surface area contributed by atoms with E-state index in [9.17, 15) is 0 Å². The van der Waals surface area contributed by atoms with Crippen LogP contribution in [0.1, 0.15) is 48.6 Å². The average molecular weight is 441 g/mol. The summed E-state index contributed by atoms with van der Waals surface area (Å²) >= 11 is 14.2. The highest BCUT2D eigenvalue weighted by molar-refractivity contribution is 7.10. The second kappa shape index (κ2) is 10.8. The number of allylic oxidation sites excluding steroid dienone is 4. The minimum absolute atomic E-state index is 0.351. The van der Waals surface area contributed by atoms with Crippen molar-refractivity contribution in [1.29, 1.82) is 0 Å². The Bertz CT molecular complexity index is 980. The van der Waals surface area contributed by atoms with Crippen LogP contribution in [-0.4, -0.2) is 0 Å². The van der Waals surface area contributed by atoms with E-state index < -0.39 is 0 Å². The molecule has 3 aromatic rings. The zero-order valence-corrected chi connectivity index (χ0v) is 19.2. The van der Waals surface area contributed by atoms with Gasteiger partial charge >= 0.3 is 0 Å². The fourth-order valence-electron chi connectivity index (χ4n) is 3.41. The summed E-state index contributed by atoms with van der Waals surface area (Å²) in [6.07, 6.45) is 11.5. The van der Waals surface area contributed by atoms with Crippen molar-refractivity contribution in [3.05, 3.63) is 104 Å². The lowest BCUT2D eigenvalue weighted by atomic mass is 9.92. The monoisotopic (exact) mass is 440 g/mol. The number of rotatable bonds is 8. The lowest BCUT2D eigenvalue weighted by molar-refractivity contribution is 0.708. The van der Waals surface area contributed by atoms with Gasteiger partial charge in [-0.1, -0.05) is 91.2 Å². The van der Waals surface area contributed by atoms with Gasteiger partial charge in [0, 0.05) is 10.8 Å². The predicted octanol–water partition coefficient (Wildman–Crippen LogP) is 9.33. The smallest absolute Gasteiger partial charge is 0.0595 e. The molecular formula is C26H26Cl2S. The van der Waals surface area contributed by atoms with Gasteiger partial charge in [-0.3, -0.25) is 0 Å². The van der Waals surface area contributed by atoms with E-state index in [0.29, 0.717) is 16.0 Å². The van der Waals surface area contributed by atoms with Gasteiger partial charge in [0.05, 0.1) is 10.0 Å². The molecule has 2 aromatic carbocycles. The number of halogens is 2. The lowest BCUT2D eigenvalue weighted by Crippen LogP contribution is -1.98. The van der Waals surface area contributed by atoms with E-state index in [1.807, 2.05) is 36.5 Å². The van der Waals surface area contributed by atoms with Crippen molar-refractivity contribution >= 4 is 34.5 Å². The Hall–Kier alpha value is -1.80. The van der Waals surface area contributed by atoms with Crippen molar-refractivity contribution in [2.24, 2.45) is 0 Å². The second-order valence-corrected chi connectivity index (χ2v) is 8.86. The molecule has 1 atom stereocenters. The van der Waals surface area contributed by atoms with Crippen LogP contribution >= 0.6 is 34.5 Å². The Morgan fingerprint density at radius 1 is 0.931 bits per heavy atom. The van der Waals surface area contributed by atoms with Crippen molar-refractivity contribution in [3.8, 4) is 11.1 Å². The molecular weight excluding hydrogens is 415 g/mol. The van der Waals surface area contributed by atoms with Crippen molar-refractivity contribution in [3.63, 3.8) is 0 Å². The van der Waals surface area contributed by atoms with Crippen LogP contribution in [0.15, 0.2) is 78.2 Å². The van der Waals surface area contributed by atoms with Crippen LogP contribution in [0.3, 0.4) is 0 Å². The molecule has 0 aliphatic rings. The number of hydrogen-bond donors (Lipinski definition) is 0. The maximum absolute atomic E-state index is 6.28. The van der Waals surface area contributed by atoms with Crippen LogP contribution in [0, 0.1) is 0 Å². The molecule has 3 heteroatoms. The summed E-state index contributed by atoms with van der Waals surface area (Å²) in [5.41, 5.74) is 5.10. The second-order valence-electron chi connectivity index (χ2n) is 7.11. The zero-order chi connectivity index (χ0) is 20.6. The van der Waals surface area contributed by atoms with E-state index in [2.05, 4.69) is 66.9 Å². The first-order valence-electron chi connectivity index (χ1n) is 10.0. The lowest BCUT2D eigenvalue weighted by Gasteiger charge is -2.16. The van der Waals surface area contributed by atoms with Gasteiger partial charge < -0.3 is 0 Å². The molecule has 0 amide bonds. The standard InChI is InChI=1S/C26H26Cl2S/c1-3-5-6-7-9-19-10-12-20(13-11-19)22-17-26(29-18-22)23(8-4-2)21-14-15-24(27)25(28)16-21/h3,5-7,10-18,23H,4,8-9H2,1-2H3/b5-3-,7-6-. The highest BCUT2D eigenvalue weighted by Crippen LogP contribution is 2.38. The molecule has 29 heavy (non-hydrogen) atoms. The topological polar surface area (TPSA) is 0 Å². The highest BCUT2D eigenvalue weighted by atomic mass is 35.5. The average Bonchev–Trinajstić information content (AvgIpc) is 3.22. The van der Waals surface area contributed by atoms with Crippen LogP contribution in [0.4, 0.5) is 0 Å². The molecule has 0 bridgehead atoms. The van der Waals surface area contributed by atoms with Crippen molar-refractivity contribution < 1.29 is 0 Å². The number of benzene rings is 2. The highest BCUT2D eigenvalue weighted by Gasteiger charge is 2.17. The van der Waals surface area contributed by atoms with E-state index in [1.54, 1.807) is 0 Å². The van der Waals surface area contributed by atoms with E-state index in [1.165, 1.54) is 27.1 Å². The minimum Gasteiger partial charge on any atom is -0.148 e. The minimum atomic E-state index is 0.351. The van der Waals surface area contributed by atoms with Gasteiger partial charge in [-0.15, -0.1) is 11.3 Å². The van der Waals surface area contributed by atoms with Gasteiger partial charge in [0.2, 0.25) is 0 Å². The third-order valence-electron chi connectivity index (χ3n) is 4.97. The molecule has 0 aliphatic heterocycles. The first-order valence-corrected chi connectivity index (χ1v) is 11.7. The molecule has 150 valence electrons. The number of hydrogen-bond acceptors (Lipinski definition) is 1. The molecule has 1 heterocycles. The largest absolute Gasteiger partial charge is 0.148 e. The molecule has 0 fully saturated rings. The Morgan fingerprint density at radius 2 is 1.72 bits per heavy atom. The van der Waals surface area contributed by atoms with Crippen LogP contribution in [-0.2, 0) is 6.42 Å². The molecule has 0 spiro atoms. The van der Waals surface area contributed by atoms with Crippen molar-refractivity contribution in [1.82, 2.24) is 0 Å². The Labute approximate surface area is 188 Å². The summed E-state index contributed by atoms with van der Waals surface area (Å²) in [4.78, 5) is 1.37. The quantitative estimate of drug-likeness (QED) is 0.306. The molecule has 0 saturated heterocycles. The van der Waals surface area contributed by atoms with Gasteiger partial charge in [-0.25, -0.2) is 0 Å². The van der Waals surface area contributed by atoms with Gasteiger partial charge in [-0.2, -0.15) is 0 Å².